The van der Waals surface area contributed by atoms with Crippen LogP contribution in [-0.4, -0.2) is 27.3 Å². The van der Waals surface area contributed by atoms with Crippen molar-refractivity contribution in [2.75, 3.05) is 0 Å². The van der Waals surface area contributed by atoms with Crippen LogP contribution in [0.3, 0.4) is 0 Å². The number of rotatable bonds is 1. The van der Waals surface area contributed by atoms with Gasteiger partial charge >= 0.3 is 6.09 Å². The van der Waals surface area contributed by atoms with Gasteiger partial charge in [0.2, 0.25) is 0 Å². The third kappa shape index (κ3) is 2.36. The molecule has 7 nitrogen and oxygen atoms in total. The highest BCUT2D eigenvalue weighted by atomic mass is 79.9. The van der Waals surface area contributed by atoms with E-state index in [-0.39, 0.29) is 0 Å². The lowest BCUT2D eigenvalue weighted by Crippen LogP contribution is -2.40. The number of benzene rings is 1. The van der Waals surface area contributed by atoms with Crippen LogP contribution in [0.15, 0.2) is 22.8 Å². The lowest BCUT2D eigenvalue weighted by Gasteiger charge is -2.05. The number of halogens is 1. The summed E-state index contributed by atoms with van der Waals surface area (Å²) >= 11 is 3.25. The predicted octanol–water partition coefficient (Wildman–Crippen LogP) is 1.24. The number of aromatic nitrogens is 2. The molecular weight excluding hydrogens is 292 g/mol. The van der Waals surface area contributed by atoms with E-state index in [4.69, 9.17) is 5.11 Å². The summed E-state index contributed by atoms with van der Waals surface area (Å²) in [7, 11) is 0. The van der Waals surface area contributed by atoms with Gasteiger partial charge in [-0.2, -0.15) is 5.10 Å². The molecule has 1 aromatic carbocycles. The Morgan fingerprint density at radius 1 is 1.35 bits per heavy atom. The summed E-state index contributed by atoms with van der Waals surface area (Å²) in [5, 5.41) is 15.5. The Kier molecular flexibility index (Phi) is 2.96. The normalized spacial score (nSPS) is 10.2. The molecule has 0 saturated carbocycles. The molecule has 0 atom stereocenters. The maximum absolute atomic E-state index is 11.7. The minimum absolute atomic E-state index is 0.317. The molecule has 0 aliphatic carbocycles. The Hall–Kier alpha value is -2.09. The van der Waals surface area contributed by atoms with Gasteiger partial charge in [-0.1, -0.05) is 15.9 Å². The summed E-state index contributed by atoms with van der Waals surface area (Å²) in [5.74, 6) is -0.555. The largest absolute Gasteiger partial charge is 0.464 e. The van der Waals surface area contributed by atoms with E-state index in [0.29, 0.717) is 20.9 Å². The first kappa shape index (κ1) is 11.4. The lowest BCUT2D eigenvalue weighted by atomic mass is 10.1. The number of H-pyrrole nitrogens is 1. The van der Waals surface area contributed by atoms with Gasteiger partial charge in [-0.15, -0.1) is 0 Å². The first-order valence-electron chi connectivity index (χ1n) is 4.50. The van der Waals surface area contributed by atoms with Gasteiger partial charge in [0.05, 0.1) is 17.3 Å². The monoisotopic (exact) mass is 298 g/mol. The second-order valence-corrected chi connectivity index (χ2v) is 4.08. The van der Waals surface area contributed by atoms with Crippen LogP contribution in [0, 0.1) is 0 Å². The molecule has 0 unspecified atom stereocenters. The van der Waals surface area contributed by atoms with Gasteiger partial charge in [-0.3, -0.25) is 15.3 Å². The standard InChI is InChI=1S/C9H7BrN4O3/c10-4-1-5(8(15)13-14-9(16)17)6-3-11-12-7(6)2-4/h1-3,14H,(H,11,12)(H,13,15)(H,16,17). The number of nitrogens with one attached hydrogen (secondary N) is 3. The van der Waals surface area contributed by atoms with Crippen LogP contribution < -0.4 is 10.9 Å². The fourth-order valence-electron chi connectivity index (χ4n) is 1.38. The summed E-state index contributed by atoms with van der Waals surface area (Å²) in [6.45, 7) is 0. The van der Waals surface area contributed by atoms with E-state index in [1.54, 1.807) is 17.6 Å². The molecule has 1 aromatic heterocycles. The molecule has 8 heteroatoms. The number of aromatic amines is 1. The number of carboxylic acid groups (broad SMARTS) is 1. The molecular formula is C9H7BrN4O3. The molecule has 2 aromatic rings. The van der Waals surface area contributed by atoms with Crippen LogP contribution in [0.1, 0.15) is 10.4 Å². The summed E-state index contributed by atoms with van der Waals surface area (Å²) < 4.78 is 0.690. The zero-order valence-electron chi connectivity index (χ0n) is 8.32. The van der Waals surface area contributed by atoms with Gasteiger partial charge in [-0.25, -0.2) is 10.2 Å². The number of hydrogen-bond donors (Lipinski definition) is 4. The van der Waals surface area contributed by atoms with Crippen molar-refractivity contribution < 1.29 is 14.7 Å². The van der Waals surface area contributed by atoms with Crippen molar-refractivity contribution in [2.24, 2.45) is 0 Å². The van der Waals surface area contributed by atoms with E-state index in [1.807, 2.05) is 0 Å². The summed E-state index contributed by atoms with van der Waals surface area (Å²) in [5.41, 5.74) is 4.84. The van der Waals surface area contributed by atoms with Gasteiger partial charge in [0.15, 0.2) is 0 Å². The Morgan fingerprint density at radius 3 is 2.82 bits per heavy atom. The Morgan fingerprint density at radius 2 is 2.12 bits per heavy atom. The Labute approximate surface area is 103 Å². The van der Waals surface area contributed by atoms with E-state index in [0.717, 1.165) is 0 Å². The first-order valence-corrected chi connectivity index (χ1v) is 5.29. The Bertz CT molecular complexity index is 595. The maximum Gasteiger partial charge on any atom is 0.423 e. The summed E-state index contributed by atoms with van der Waals surface area (Å²) in [4.78, 5) is 22.0. The third-order valence-electron chi connectivity index (χ3n) is 2.05. The van der Waals surface area contributed by atoms with Crippen molar-refractivity contribution >= 4 is 38.8 Å². The molecule has 0 bridgehead atoms. The van der Waals surface area contributed by atoms with E-state index in [1.165, 1.54) is 6.20 Å². The predicted molar refractivity (Wildman–Crippen MR) is 62.4 cm³/mol. The van der Waals surface area contributed by atoms with Gasteiger partial charge in [0.1, 0.15) is 0 Å². The average Bonchev–Trinajstić information content (AvgIpc) is 2.72. The number of hydrogen-bond acceptors (Lipinski definition) is 3. The molecule has 0 aliphatic heterocycles. The summed E-state index contributed by atoms with van der Waals surface area (Å²) in [6, 6.07) is 3.35. The zero-order valence-corrected chi connectivity index (χ0v) is 9.91. The van der Waals surface area contributed by atoms with Crippen molar-refractivity contribution in [2.45, 2.75) is 0 Å². The van der Waals surface area contributed by atoms with E-state index < -0.39 is 12.0 Å². The highest BCUT2D eigenvalue weighted by Gasteiger charge is 2.13. The average molecular weight is 299 g/mol. The fourth-order valence-corrected chi connectivity index (χ4v) is 1.84. The maximum atomic E-state index is 11.7. The number of nitrogens with zero attached hydrogens (tertiary/aromatic N) is 1. The molecule has 2 amide bonds. The highest BCUT2D eigenvalue weighted by molar-refractivity contribution is 9.10. The second-order valence-electron chi connectivity index (χ2n) is 3.17. The van der Waals surface area contributed by atoms with Crippen LogP contribution >= 0.6 is 15.9 Å². The Balaban J connectivity index is 2.36. The molecule has 0 spiro atoms. The molecule has 1 heterocycles. The van der Waals surface area contributed by atoms with Crippen molar-refractivity contribution in [1.29, 1.82) is 0 Å². The van der Waals surface area contributed by atoms with Crippen molar-refractivity contribution in [3.8, 4) is 0 Å². The van der Waals surface area contributed by atoms with Crippen molar-refractivity contribution in [3.05, 3.63) is 28.4 Å². The number of carbonyl (C=O) groups is 2. The first-order chi connectivity index (χ1) is 8.08. The van der Waals surface area contributed by atoms with Gasteiger partial charge in [0, 0.05) is 9.86 Å². The van der Waals surface area contributed by atoms with Crippen molar-refractivity contribution in [1.82, 2.24) is 21.0 Å². The molecule has 0 saturated heterocycles. The van der Waals surface area contributed by atoms with Crippen LogP contribution in [-0.2, 0) is 0 Å². The highest BCUT2D eigenvalue weighted by Crippen LogP contribution is 2.22. The number of amides is 2. The van der Waals surface area contributed by atoms with Crippen LogP contribution in [0.25, 0.3) is 10.9 Å². The van der Waals surface area contributed by atoms with Crippen molar-refractivity contribution in [3.63, 3.8) is 0 Å². The van der Waals surface area contributed by atoms with Gasteiger partial charge in [0.25, 0.3) is 5.91 Å². The van der Waals surface area contributed by atoms with E-state index >= 15 is 0 Å². The number of fused-ring (bicyclic) bond motifs is 1. The molecule has 17 heavy (non-hydrogen) atoms. The van der Waals surface area contributed by atoms with Gasteiger partial charge < -0.3 is 5.11 Å². The quantitative estimate of drug-likeness (QED) is 0.594. The molecule has 0 fully saturated rings. The molecule has 4 N–H and O–H groups in total. The SMILES string of the molecule is O=C(O)NNC(=O)c1cc(Br)cc2[nH]ncc12. The minimum Gasteiger partial charge on any atom is -0.464 e. The molecule has 88 valence electrons. The molecule has 0 radical (unpaired) electrons. The minimum atomic E-state index is -1.34. The zero-order chi connectivity index (χ0) is 12.4. The fraction of sp³-hybridized carbons (Fsp3) is 0. The second kappa shape index (κ2) is 4.42. The van der Waals surface area contributed by atoms with Crippen LogP contribution in [0.4, 0.5) is 4.79 Å². The number of hydrazine groups is 1. The van der Waals surface area contributed by atoms with Crippen LogP contribution in [0.5, 0.6) is 0 Å². The third-order valence-corrected chi connectivity index (χ3v) is 2.51. The van der Waals surface area contributed by atoms with Crippen LogP contribution in [0.2, 0.25) is 0 Å². The molecule has 2 rings (SSSR count). The van der Waals surface area contributed by atoms with Gasteiger partial charge in [-0.05, 0) is 12.1 Å². The topological polar surface area (TPSA) is 107 Å². The van der Waals surface area contributed by atoms with E-state index in [2.05, 4.69) is 31.6 Å². The summed E-state index contributed by atoms with van der Waals surface area (Å²) in [6.07, 6.45) is 0.161. The van der Waals surface area contributed by atoms with E-state index in [9.17, 15) is 9.59 Å². The molecule has 0 aliphatic rings. The smallest absolute Gasteiger partial charge is 0.423 e. The number of carbonyl (C=O) groups excluding carboxylic acids is 1. The lowest BCUT2D eigenvalue weighted by molar-refractivity contribution is 0.0928.